The van der Waals surface area contributed by atoms with Gasteiger partial charge in [0, 0.05) is 12.6 Å². The third kappa shape index (κ3) is 6.75. The van der Waals surface area contributed by atoms with Gasteiger partial charge in [0.15, 0.2) is 4.90 Å². The van der Waals surface area contributed by atoms with Gasteiger partial charge in [0.25, 0.3) is 0 Å². The molecule has 0 heterocycles. The number of nitrogens with one attached hydrogen (secondary N) is 1. The van der Waals surface area contributed by atoms with Crippen LogP contribution in [-0.2, 0) is 11.4 Å². The van der Waals surface area contributed by atoms with Crippen LogP contribution in [0.5, 0.6) is 0 Å². The third-order valence-electron chi connectivity index (χ3n) is 8.16. The summed E-state index contributed by atoms with van der Waals surface area (Å²) in [6.45, 7) is 11.1. The summed E-state index contributed by atoms with van der Waals surface area (Å²) in [6, 6.07) is 8.87. The molecule has 5 rings (SSSR count). The van der Waals surface area contributed by atoms with Gasteiger partial charge < -0.3 is 9.87 Å². The van der Waals surface area contributed by atoms with Crippen LogP contribution in [0.25, 0.3) is 0 Å². The van der Waals surface area contributed by atoms with Crippen molar-refractivity contribution in [3.8, 4) is 0 Å². The molecule has 4 aliphatic rings. The molecule has 1 N–H and O–H groups in total. The van der Waals surface area contributed by atoms with E-state index in [1.54, 1.807) is 0 Å². The molecule has 1 aromatic rings. The summed E-state index contributed by atoms with van der Waals surface area (Å²) in [7, 11) is 0. The molecular formula is C29H44N2OS. The minimum Gasteiger partial charge on any atom is -0.593 e. The van der Waals surface area contributed by atoms with Crippen molar-refractivity contribution in [2.24, 2.45) is 23.7 Å². The highest BCUT2D eigenvalue weighted by molar-refractivity contribution is 7.89. The number of hydrogen-bond donors (Lipinski definition) is 1. The molecule has 1 atom stereocenters. The molecule has 4 heteroatoms. The quantitative estimate of drug-likeness (QED) is 0.300. The van der Waals surface area contributed by atoms with Crippen molar-refractivity contribution in [3.05, 3.63) is 53.1 Å². The van der Waals surface area contributed by atoms with Crippen LogP contribution in [0.2, 0.25) is 0 Å². The zero-order valence-corrected chi connectivity index (χ0v) is 22.0. The Morgan fingerprint density at radius 1 is 1.00 bits per heavy atom. The van der Waals surface area contributed by atoms with Crippen LogP contribution >= 0.6 is 0 Å². The molecular weight excluding hydrogens is 424 g/mol. The highest BCUT2D eigenvalue weighted by atomic mass is 32.2. The molecule has 182 valence electrons. The highest BCUT2D eigenvalue weighted by Gasteiger charge is 2.47. The average Bonchev–Trinajstić information content (AvgIpc) is 2.77. The summed E-state index contributed by atoms with van der Waals surface area (Å²) in [5.41, 5.74) is 3.97. The maximum absolute atomic E-state index is 13.5. The fraction of sp³-hybridized carbons (Fsp3) is 0.655. The van der Waals surface area contributed by atoms with Crippen LogP contribution in [0, 0.1) is 30.6 Å². The van der Waals surface area contributed by atoms with Gasteiger partial charge in [-0.3, -0.25) is 0 Å². The van der Waals surface area contributed by atoms with E-state index in [9.17, 15) is 4.55 Å². The second-order valence-electron chi connectivity index (χ2n) is 11.2. The SMILES string of the molecule is CC(C)=CCC/C(C)=C/CN(CCNC1C2CC3CC(C2)CC1C3)[S+]([O-])c1ccc(C)cc1. The molecule has 4 fully saturated rings. The predicted molar refractivity (Wildman–Crippen MR) is 140 cm³/mol. The number of aryl methyl sites for hydroxylation is 1. The van der Waals surface area contributed by atoms with Gasteiger partial charge in [0.2, 0.25) is 0 Å². The number of benzene rings is 1. The van der Waals surface area contributed by atoms with E-state index in [0.717, 1.165) is 61.0 Å². The number of allylic oxidation sites excluding steroid dienone is 3. The Hall–Kier alpha value is -1.07. The third-order valence-corrected chi connectivity index (χ3v) is 9.64. The maximum atomic E-state index is 13.5. The Labute approximate surface area is 205 Å². The zero-order chi connectivity index (χ0) is 23.4. The van der Waals surface area contributed by atoms with Crippen LogP contribution in [0.15, 0.2) is 52.5 Å². The van der Waals surface area contributed by atoms with Gasteiger partial charge in [0.05, 0.1) is 24.5 Å². The van der Waals surface area contributed by atoms with Gasteiger partial charge in [-0.2, -0.15) is 0 Å². The fourth-order valence-corrected chi connectivity index (χ4v) is 7.74. The molecule has 0 radical (unpaired) electrons. The van der Waals surface area contributed by atoms with Crippen molar-refractivity contribution in [2.45, 2.75) is 83.6 Å². The second kappa shape index (κ2) is 11.6. The zero-order valence-electron chi connectivity index (χ0n) is 21.2. The van der Waals surface area contributed by atoms with E-state index in [4.69, 9.17) is 0 Å². The molecule has 33 heavy (non-hydrogen) atoms. The lowest BCUT2D eigenvalue weighted by Gasteiger charge is -2.54. The van der Waals surface area contributed by atoms with Crippen LogP contribution in [0.3, 0.4) is 0 Å². The molecule has 0 amide bonds. The Bertz CT molecular complexity index is 799. The first-order valence-electron chi connectivity index (χ1n) is 13.1. The van der Waals surface area contributed by atoms with Gasteiger partial charge in [-0.25, -0.2) is 0 Å². The van der Waals surface area contributed by atoms with Gasteiger partial charge >= 0.3 is 0 Å². The Morgan fingerprint density at radius 3 is 2.24 bits per heavy atom. The summed E-state index contributed by atoms with van der Waals surface area (Å²) in [6.07, 6.45) is 14.0. The van der Waals surface area contributed by atoms with Gasteiger partial charge in [-0.1, -0.05) is 41.0 Å². The predicted octanol–water partition coefficient (Wildman–Crippen LogP) is 6.43. The summed E-state index contributed by atoms with van der Waals surface area (Å²) >= 11 is -1.13. The van der Waals surface area contributed by atoms with E-state index < -0.39 is 11.4 Å². The summed E-state index contributed by atoms with van der Waals surface area (Å²) in [5.74, 6) is 3.79. The van der Waals surface area contributed by atoms with Crippen molar-refractivity contribution in [1.29, 1.82) is 0 Å². The molecule has 3 nitrogen and oxygen atoms in total. The topological polar surface area (TPSA) is 38.3 Å². The first-order valence-corrected chi connectivity index (χ1v) is 14.3. The van der Waals surface area contributed by atoms with Gasteiger partial charge in [0.1, 0.15) is 0 Å². The fourth-order valence-electron chi connectivity index (χ4n) is 6.61. The van der Waals surface area contributed by atoms with Gasteiger partial charge in [-0.05, 0) is 108 Å². The van der Waals surface area contributed by atoms with Crippen LogP contribution < -0.4 is 5.32 Å². The van der Waals surface area contributed by atoms with Crippen LogP contribution in [0.4, 0.5) is 0 Å². The Morgan fingerprint density at radius 2 is 1.64 bits per heavy atom. The highest BCUT2D eigenvalue weighted by Crippen LogP contribution is 2.53. The Kier molecular flexibility index (Phi) is 8.78. The van der Waals surface area contributed by atoms with E-state index in [1.165, 1.54) is 48.8 Å². The smallest absolute Gasteiger partial charge is 0.174 e. The molecule has 0 saturated heterocycles. The van der Waals surface area contributed by atoms with Crippen molar-refractivity contribution >= 4 is 11.4 Å². The lowest BCUT2D eigenvalue weighted by Crippen LogP contribution is -2.55. The molecule has 4 bridgehead atoms. The number of hydrogen-bond acceptors (Lipinski definition) is 3. The van der Waals surface area contributed by atoms with Crippen LogP contribution in [0.1, 0.15) is 71.3 Å². The number of rotatable bonds is 11. The molecule has 1 unspecified atom stereocenters. The standard InChI is InChI=1S/C29H44N2OS/c1-21(2)6-5-7-22(3)12-14-31(33(32)28-10-8-23(4)9-11-28)15-13-30-29-26-17-24-16-25(19-26)20-27(29)18-24/h6,8-12,24-27,29-30H,5,7,13-20H2,1-4H3/b22-12+. The van der Waals surface area contributed by atoms with E-state index in [0.29, 0.717) is 6.04 Å². The van der Waals surface area contributed by atoms with E-state index >= 15 is 0 Å². The normalized spacial score (nSPS) is 29.5. The maximum Gasteiger partial charge on any atom is 0.174 e. The van der Waals surface area contributed by atoms with Crippen molar-refractivity contribution < 1.29 is 4.55 Å². The molecule has 1 aromatic carbocycles. The summed E-state index contributed by atoms with van der Waals surface area (Å²) in [4.78, 5) is 0.908. The second-order valence-corrected chi connectivity index (χ2v) is 12.7. The molecule has 4 aliphatic carbocycles. The van der Waals surface area contributed by atoms with Crippen molar-refractivity contribution in [1.82, 2.24) is 9.62 Å². The van der Waals surface area contributed by atoms with E-state index in [-0.39, 0.29) is 0 Å². The molecule has 4 saturated carbocycles. The molecule has 0 aromatic heterocycles. The largest absolute Gasteiger partial charge is 0.593 e. The minimum absolute atomic E-state index is 0.689. The number of nitrogens with zero attached hydrogens (tertiary/aromatic N) is 1. The lowest BCUT2D eigenvalue weighted by molar-refractivity contribution is -0.0136. The first-order chi connectivity index (χ1) is 15.9. The van der Waals surface area contributed by atoms with Crippen LogP contribution in [-0.4, -0.2) is 34.5 Å². The first kappa shape index (κ1) is 25.0. The molecule has 0 spiro atoms. The van der Waals surface area contributed by atoms with Gasteiger partial charge in [-0.15, -0.1) is 4.31 Å². The summed E-state index contributed by atoms with van der Waals surface area (Å²) < 4.78 is 15.6. The summed E-state index contributed by atoms with van der Waals surface area (Å²) in [5, 5.41) is 3.94. The van der Waals surface area contributed by atoms with E-state index in [1.807, 2.05) is 12.1 Å². The Balaban J connectivity index is 1.35. The van der Waals surface area contributed by atoms with Crippen molar-refractivity contribution in [3.63, 3.8) is 0 Å². The lowest BCUT2D eigenvalue weighted by atomic mass is 9.54. The van der Waals surface area contributed by atoms with E-state index in [2.05, 4.69) is 61.6 Å². The minimum atomic E-state index is -1.13. The monoisotopic (exact) mass is 468 g/mol. The molecule has 0 aliphatic heterocycles. The average molecular weight is 469 g/mol. The van der Waals surface area contributed by atoms with Crippen molar-refractivity contribution in [2.75, 3.05) is 19.6 Å².